The van der Waals surface area contributed by atoms with Crippen LogP contribution < -0.4 is 5.32 Å². The molecule has 13 heavy (non-hydrogen) atoms. The molecule has 2 nitrogen and oxygen atoms in total. The minimum atomic E-state index is -1.35. The minimum absolute atomic E-state index is 0.129. The van der Waals surface area contributed by atoms with Gasteiger partial charge in [-0.05, 0) is 11.6 Å². The number of rotatable bonds is 4. The lowest BCUT2D eigenvalue weighted by atomic mass is 10.3. The van der Waals surface area contributed by atoms with E-state index in [0.29, 0.717) is 11.7 Å². The largest absolute Gasteiger partial charge is 0.308 e. The molecule has 0 aliphatic rings. The van der Waals surface area contributed by atoms with Crippen LogP contribution in [0.25, 0.3) is 0 Å². The van der Waals surface area contributed by atoms with Crippen molar-refractivity contribution in [1.82, 2.24) is 10.3 Å². The molecule has 0 aromatic carbocycles. The number of alkyl halides is 2. The van der Waals surface area contributed by atoms with Gasteiger partial charge in [-0.15, -0.1) is 0 Å². The first-order valence-corrected chi connectivity index (χ1v) is 4.59. The highest BCUT2D eigenvalue weighted by atomic mass is 35.5. The molecule has 0 aliphatic heterocycles. The maximum absolute atomic E-state index is 12.1. The standard InChI is InChI=1S/C8H9Cl2FN2/c9-7(11)5-12-3-6-1-2-8(10)13-4-6/h1-2,4,7,12H,3,5H2. The summed E-state index contributed by atoms with van der Waals surface area (Å²) in [6, 6.07) is 3.51. The molecule has 0 spiro atoms. The molecule has 0 radical (unpaired) electrons. The molecular formula is C8H9Cl2FN2. The van der Waals surface area contributed by atoms with Gasteiger partial charge in [-0.2, -0.15) is 0 Å². The van der Waals surface area contributed by atoms with E-state index >= 15 is 0 Å². The van der Waals surface area contributed by atoms with Crippen LogP contribution in [-0.2, 0) is 6.54 Å². The van der Waals surface area contributed by atoms with Gasteiger partial charge in [-0.25, -0.2) is 9.37 Å². The highest BCUT2D eigenvalue weighted by Crippen LogP contribution is 2.04. The number of nitrogens with one attached hydrogen (secondary N) is 1. The van der Waals surface area contributed by atoms with Crippen molar-refractivity contribution in [2.75, 3.05) is 6.54 Å². The Morgan fingerprint density at radius 1 is 1.54 bits per heavy atom. The van der Waals surface area contributed by atoms with Crippen LogP contribution in [0.3, 0.4) is 0 Å². The first kappa shape index (κ1) is 10.7. The maximum Gasteiger partial charge on any atom is 0.185 e. The minimum Gasteiger partial charge on any atom is -0.308 e. The van der Waals surface area contributed by atoms with E-state index in [4.69, 9.17) is 23.2 Å². The Morgan fingerprint density at radius 2 is 2.31 bits per heavy atom. The van der Waals surface area contributed by atoms with Gasteiger partial charge < -0.3 is 5.32 Å². The summed E-state index contributed by atoms with van der Waals surface area (Å²) in [4.78, 5) is 3.88. The lowest BCUT2D eigenvalue weighted by Gasteiger charge is -2.03. The Morgan fingerprint density at radius 3 is 2.85 bits per heavy atom. The van der Waals surface area contributed by atoms with Crippen LogP contribution in [-0.4, -0.2) is 17.2 Å². The predicted molar refractivity (Wildman–Crippen MR) is 51.7 cm³/mol. The molecule has 1 heterocycles. The van der Waals surface area contributed by atoms with E-state index in [1.54, 1.807) is 12.3 Å². The Kier molecular flexibility index (Phi) is 4.42. The Hall–Kier alpha value is -0.380. The van der Waals surface area contributed by atoms with E-state index in [1.165, 1.54) is 0 Å². The quantitative estimate of drug-likeness (QED) is 0.626. The third-order valence-electron chi connectivity index (χ3n) is 1.42. The number of nitrogens with zero attached hydrogens (tertiary/aromatic N) is 1. The lowest BCUT2D eigenvalue weighted by Crippen LogP contribution is -2.20. The van der Waals surface area contributed by atoms with Crippen LogP contribution >= 0.6 is 23.2 Å². The zero-order valence-electron chi connectivity index (χ0n) is 6.80. The molecule has 0 fully saturated rings. The summed E-state index contributed by atoms with van der Waals surface area (Å²) in [7, 11) is 0. The molecule has 0 saturated heterocycles. The van der Waals surface area contributed by atoms with E-state index in [0.717, 1.165) is 5.56 Å². The molecule has 1 rings (SSSR count). The number of pyridine rings is 1. The van der Waals surface area contributed by atoms with Crippen molar-refractivity contribution in [3.63, 3.8) is 0 Å². The Labute approximate surface area is 86.1 Å². The van der Waals surface area contributed by atoms with Gasteiger partial charge >= 0.3 is 0 Å². The van der Waals surface area contributed by atoms with Crippen molar-refractivity contribution < 1.29 is 4.39 Å². The van der Waals surface area contributed by atoms with Crippen LogP contribution in [0.1, 0.15) is 5.56 Å². The molecular weight excluding hydrogens is 214 g/mol. The van der Waals surface area contributed by atoms with E-state index in [2.05, 4.69) is 10.3 Å². The first-order chi connectivity index (χ1) is 6.18. The second-order valence-corrected chi connectivity index (χ2v) is 3.37. The number of hydrogen-bond acceptors (Lipinski definition) is 2. The smallest absolute Gasteiger partial charge is 0.185 e. The SMILES string of the molecule is FC(Cl)CNCc1ccc(Cl)nc1. The van der Waals surface area contributed by atoms with Crippen LogP contribution in [0, 0.1) is 0 Å². The van der Waals surface area contributed by atoms with Crippen LogP contribution in [0.5, 0.6) is 0 Å². The molecule has 5 heteroatoms. The summed E-state index contributed by atoms with van der Waals surface area (Å²) < 4.78 is 12.1. The van der Waals surface area contributed by atoms with Gasteiger partial charge in [0, 0.05) is 19.3 Å². The maximum atomic E-state index is 12.1. The number of halogens is 3. The first-order valence-electron chi connectivity index (χ1n) is 3.78. The van der Waals surface area contributed by atoms with Gasteiger partial charge in [-0.1, -0.05) is 29.3 Å². The Bertz CT molecular complexity index is 251. The fourth-order valence-corrected chi connectivity index (χ4v) is 1.06. The zero-order valence-corrected chi connectivity index (χ0v) is 8.32. The van der Waals surface area contributed by atoms with Crippen molar-refractivity contribution in [2.45, 2.75) is 12.2 Å². The van der Waals surface area contributed by atoms with E-state index in [-0.39, 0.29) is 6.54 Å². The van der Waals surface area contributed by atoms with Gasteiger partial charge in [0.15, 0.2) is 5.63 Å². The van der Waals surface area contributed by atoms with Gasteiger partial charge in [0.25, 0.3) is 0 Å². The van der Waals surface area contributed by atoms with Crippen LogP contribution in [0.15, 0.2) is 18.3 Å². The van der Waals surface area contributed by atoms with Crippen LogP contribution in [0.4, 0.5) is 4.39 Å². The van der Waals surface area contributed by atoms with Gasteiger partial charge in [0.1, 0.15) is 5.15 Å². The fourth-order valence-electron chi connectivity index (χ4n) is 0.837. The zero-order chi connectivity index (χ0) is 9.68. The predicted octanol–water partition coefficient (Wildman–Crippen LogP) is 2.36. The van der Waals surface area contributed by atoms with Gasteiger partial charge in [0.05, 0.1) is 0 Å². The average molecular weight is 223 g/mol. The lowest BCUT2D eigenvalue weighted by molar-refractivity contribution is 0.419. The molecule has 1 atom stereocenters. The van der Waals surface area contributed by atoms with Crippen LogP contribution in [0.2, 0.25) is 5.15 Å². The molecule has 1 unspecified atom stereocenters. The monoisotopic (exact) mass is 222 g/mol. The van der Waals surface area contributed by atoms with Gasteiger partial charge in [0.2, 0.25) is 0 Å². The molecule has 0 bridgehead atoms. The molecule has 0 amide bonds. The second kappa shape index (κ2) is 5.37. The fraction of sp³-hybridized carbons (Fsp3) is 0.375. The van der Waals surface area contributed by atoms with E-state index in [1.807, 2.05) is 6.07 Å². The van der Waals surface area contributed by atoms with Crippen molar-refractivity contribution in [1.29, 1.82) is 0 Å². The summed E-state index contributed by atoms with van der Waals surface area (Å²) in [6.07, 6.45) is 1.64. The molecule has 72 valence electrons. The van der Waals surface area contributed by atoms with Crippen molar-refractivity contribution in [3.05, 3.63) is 29.0 Å². The average Bonchev–Trinajstić information content (AvgIpc) is 2.08. The molecule has 0 aliphatic carbocycles. The second-order valence-electron chi connectivity index (χ2n) is 2.51. The molecule has 1 aromatic heterocycles. The van der Waals surface area contributed by atoms with Crippen molar-refractivity contribution >= 4 is 23.2 Å². The number of aromatic nitrogens is 1. The number of hydrogen-bond donors (Lipinski definition) is 1. The summed E-state index contributed by atoms with van der Waals surface area (Å²) in [5.41, 5.74) is -0.401. The molecule has 0 saturated carbocycles. The third kappa shape index (κ3) is 4.41. The van der Waals surface area contributed by atoms with E-state index in [9.17, 15) is 4.39 Å². The Balaban J connectivity index is 2.33. The van der Waals surface area contributed by atoms with Crippen molar-refractivity contribution in [2.24, 2.45) is 0 Å². The van der Waals surface area contributed by atoms with Gasteiger partial charge in [-0.3, -0.25) is 0 Å². The summed E-state index contributed by atoms with van der Waals surface area (Å²) in [5, 5.41) is 3.28. The normalized spacial score (nSPS) is 12.8. The summed E-state index contributed by atoms with van der Waals surface area (Å²) in [5.74, 6) is 0. The molecule has 1 N–H and O–H groups in total. The molecule has 1 aromatic rings. The third-order valence-corrected chi connectivity index (χ3v) is 1.79. The van der Waals surface area contributed by atoms with E-state index < -0.39 is 5.63 Å². The highest BCUT2D eigenvalue weighted by Gasteiger charge is 1.99. The van der Waals surface area contributed by atoms with Crippen molar-refractivity contribution in [3.8, 4) is 0 Å². The summed E-state index contributed by atoms with van der Waals surface area (Å²) in [6.45, 7) is 0.668. The summed E-state index contributed by atoms with van der Waals surface area (Å²) >= 11 is 10.7. The highest BCUT2D eigenvalue weighted by molar-refractivity contribution is 6.29. The topological polar surface area (TPSA) is 24.9 Å².